The smallest absolute Gasteiger partial charge is 0.262 e. The number of nitrogens with zero attached hydrogens (tertiary/aromatic N) is 2. The summed E-state index contributed by atoms with van der Waals surface area (Å²) in [5, 5.41) is 1.35. The van der Waals surface area contributed by atoms with E-state index >= 15 is 0 Å². The number of rotatable bonds is 5. The van der Waals surface area contributed by atoms with Crippen LogP contribution in [0.3, 0.4) is 0 Å². The Hall–Kier alpha value is -2.70. The summed E-state index contributed by atoms with van der Waals surface area (Å²) in [6.45, 7) is 0.260. The highest BCUT2D eigenvalue weighted by Gasteiger charge is 2.13. The summed E-state index contributed by atoms with van der Waals surface area (Å²) in [5.41, 5.74) is 1.95. The second-order valence-electron chi connectivity index (χ2n) is 6.45. The number of fused-ring (bicyclic) bond motifs is 1. The first-order valence-corrected chi connectivity index (χ1v) is 10.2. The van der Waals surface area contributed by atoms with Crippen LogP contribution in [0.1, 0.15) is 11.1 Å². The van der Waals surface area contributed by atoms with Crippen LogP contribution >= 0.6 is 23.4 Å². The average molecular weight is 429 g/mol. The highest BCUT2D eigenvalue weighted by molar-refractivity contribution is 7.98. The molecule has 0 spiro atoms. The van der Waals surface area contributed by atoms with Crippen molar-refractivity contribution in [1.82, 2.24) is 9.55 Å². The van der Waals surface area contributed by atoms with E-state index < -0.39 is 5.82 Å². The maximum absolute atomic E-state index is 13.3. The molecule has 0 amide bonds. The summed E-state index contributed by atoms with van der Waals surface area (Å²) in [5.74, 6) is -0.313. The van der Waals surface area contributed by atoms with Gasteiger partial charge in [-0.3, -0.25) is 9.36 Å². The average Bonchev–Trinajstić information content (AvgIpc) is 2.71. The Morgan fingerprint density at radius 3 is 2.45 bits per heavy atom. The Kier molecular flexibility index (Phi) is 5.65. The minimum Gasteiger partial charge on any atom is -0.283 e. The van der Waals surface area contributed by atoms with Crippen molar-refractivity contribution >= 4 is 34.3 Å². The molecule has 0 aliphatic carbocycles. The molecule has 0 fully saturated rings. The van der Waals surface area contributed by atoms with E-state index in [-0.39, 0.29) is 17.9 Å². The molecule has 0 unspecified atom stereocenters. The summed E-state index contributed by atoms with van der Waals surface area (Å²) in [7, 11) is 0. The first kappa shape index (κ1) is 19.6. The van der Waals surface area contributed by atoms with Gasteiger partial charge in [-0.25, -0.2) is 13.8 Å². The van der Waals surface area contributed by atoms with Crippen LogP contribution in [0.4, 0.5) is 8.78 Å². The number of hydrogen-bond acceptors (Lipinski definition) is 3. The van der Waals surface area contributed by atoms with E-state index in [0.29, 0.717) is 26.8 Å². The van der Waals surface area contributed by atoms with Gasteiger partial charge < -0.3 is 0 Å². The van der Waals surface area contributed by atoms with E-state index in [9.17, 15) is 13.6 Å². The van der Waals surface area contributed by atoms with Crippen LogP contribution < -0.4 is 5.56 Å². The SMILES string of the molecule is O=c1c2ccccc2nc(SCc2ccc(F)cc2Cl)n1Cc1ccc(F)cc1. The van der Waals surface area contributed by atoms with Crippen molar-refractivity contribution in [2.45, 2.75) is 17.5 Å². The maximum atomic E-state index is 13.3. The Morgan fingerprint density at radius 2 is 1.69 bits per heavy atom. The zero-order chi connectivity index (χ0) is 20.4. The molecule has 0 bridgehead atoms. The Morgan fingerprint density at radius 1 is 0.966 bits per heavy atom. The van der Waals surface area contributed by atoms with Gasteiger partial charge in [0.1, 0.15) is 11.6 Å². The maximum Gasteiger partial charge on any atom is 0.262 e. The molecule has 1 heterocycles. The van der Waals surface area contributed by atoms with Gasteiger partial charge in [-0.15, -0.1) is 0 Å². The number of thioether (sulfide) groups is 1. The summed E-state index contributed by atoms with van der Waals surface area (Å²) in [6, 6.07) is 17.4. The van der Waals surface area contributed by atoms with Gasteiger partial charge in [0.25, 0.3) is 5.56 Å². The van der Waals surface area contributed by atoms with Gasteiger partial charge in [-0.05, 0) is 47.5 Å². The summed E-state index contributed by atoms with van der Waals surface area (Å²) < 4.78 is 28.1. The minimum atomic E-state index is -0.402. The minimum absolute atomic E-state index is 0.173. The first-order valence-electron chi connectivity index (χ1n) is 8.82. The summed E-state index contributed by atoms with van der Waals surface area (Å²) >= 11 is 7.47. The van der Waals surface area contributed by atoms with Gasteiger partial charge in [0.15, 0.2) is 5.16 Å². The van der Waals surface area contributed by atoms with Crippen LogP contribution in [0.25, 0.3) is 10.9 Å². The monoisotopic (exact) mass is 428 g/mol. The Bertz CT molecular complexity index is 1240. The fourth-order valence-corrected chi connectivity index (χ4v) is 4.27. The third-order valence-electron chi connectivity index (χ3n) is 4.45. The standard InChI is InChI=1S/C22H15ClF2N2OS/c23-19-11-17(25)10-7-15(19)13-29-22-26-20-4-2-1-3-18(20)21(28)27(22)12-14-5-8-16(24)9-6-14/h1-11H,12-13H2. The molecule has 146 valence electrons. The van der Waals surface area contributed by atoms with E-state index in [0.717, 1.165) is 11.1 Å². The lowest BCUT2D eigenvalue weighted by molar-refractivity contribution is 0.622. The second-order valence-corrected chi connectivity index (χ2v) is 7.80. The van der Waals surface area contributed by atoms with Crippen molar-refractivity contribution in [3.05, 3.63) is 105 Å². The quantitative estimate of drug-likeness (QED) is 0.303. The topological polar surface area (TPSA) is 34.9 Å². The van der Waals surface area contributed by atoms with E-state index in [1.807, 2.05) is 6.07 Å². The van der Waals surface area contributed by atoms with Crippen LogP contribution in [-0.4, -0.2) is 9.55 Å². The highest BCUT2D eigenvalue weighted by Crippen LogP contribution is 2.27. The van der Waals surface area contributed by atoms with Crippen molar-refractivity contribution in [3.63, 3.8) is 0 Å². The van der Waals surface area contributed by atoms with Crippen molar-refractivity contribution < 1.29 is 8.78 Å². The molecular formula is C22H15ClF2N2OS. The first-order chi connectivity index (χ1) is 14.0. The third-order valence-corrected chi connectivity index (χ3v) is 5.83. The van der Waals surface area contributed by atoms with E-state index in [1.165, 1.54) is 36.0 Å². The van der Waals surface area contributed by atoms with Crippen molar-refractivity contribution in [2.24, 2.45) is 0 Å². The lowest BCUT2D eigenvalue weighted by atomic mass is 10.2. The molecule has 0 saturated heterocycles. The number of hydrogen-bond donors (Lipinski definition) is 0. The van der Waals surface area contributed by atoms with E-state index in [4.69, 9.17) is 11.6 Å². The highest BCUT2D eigenvalue weighted by atomic mass is 35.5. The van der Waals surface area contributed by atoms with Gasteiger partial charge >= 0.3 is 0 Å². The molecule has 0 saturated carbocycles. The molecule has 0 radical (unpaired) electrons. The molecule has 3 nitrogen and oxygen atoms in total. The molecule has 4 aromatic rings. The van der Waals surface area contributed by atoms with Gasteiger partial charge in [0.05, 0.1) is 17.4 Å². The molecule has 29 heavy (non-hydrogen) atoms. The largest absolute Gasteiger partial charge is 0.283 e. The van der Waals surface area contributed by atoms with Crippen LogP contribution in [0, 0.1) is 11.6 Å². The van der Waals surface area contributed by atoms with Crippen LogP contribution in [0.5, 0.6) is 0 Å². The number of halogens is 3. The molecule has 0 atom stereocenters. The molecular weight excluding hydrogens is 414 g/mol. The van der Waals surface area contributed by atoms with Crippen molar-refractivity contribution in [1.29, 1.82) is 0 Å². The Balaban J connectivity index is 1.74. The molecule has 0 N–H and O–H groups in total. The number of para-hydroxylation sites is 1. The second kappa shape index (κ2) is 8.35. The molecule has 1 aromatic heterocycles. The van der Waals surface area contributed by atoms with E-state index in [2.05, 4.69) is 4.98 Å². The predicted molar refractivity (Wildman–Crippen MR) is 112 cm³/mol. The fraction of sp³-hybridized carbons (Fsp3) is 0.0909. The van der Waals surface area contributed by atoms with Crippen LogP contribution in [0.2, 0.25) is 5.02 Å². The Labute approximate surface area is 175 Å². The normalized spacial score (nSPS) is 11.1. The van der Waals surface area contributed by atoms with E-state index in [1.54, 1.807) is 41.0 Å². The number of aromatic nitrogens is 2. The lowest BCUT2D eigenvalue weighted by Gasteiger charge is -2.14. The van der Waals surface area contributed by atoms with Gasteiger partial charge in [0.2, 0.25) is 0 Å². The van der Waals surface area contributed by atoms with Gasteiger partial charge in [0, 0.05) is 10.8 Å². The molecule has 4 rings (SSSR count). The number of benzene rings is 3. The van der Waals surface area contributed by atoms with Gasteiger partial charge in [-0.1, -0.05) is 53.7 Å². The van der Waals surface area contributed by atoms with Crippen molar-refractivity contribution in [2.75, 3.05) is 0 Å². The molecule has 3 aromatic carbocycles. The summed E-state index contributed by atoms with van der Waals surface area (Å²) in [6.07, 6.45) is 0. The molecule has 0 aliphatic rings. The van der Waals surface area contributed by atoms with Crippen LogP contribution in [-0.2, 0) is 12.3 Å². The lowest BCUT2D eigenvalue weighted by Crippen LogP contribution is -2.24. The molecule has 7 heteroatoms. The van der Waals surface area contributed by atoms with Crippen molar-refractivity contribution in [3.8, 4) is 0 Å². The fourth-order valence-electron chi connectivity index (χ4n) is 2.95. The third kappa shape index (κ3) is 4.33. The zero-order valence-corrected chi connectivity index (χ0v) is 16.7. The van der Waals surface area contributed by atoms with Gasteiger partial charge in [-0.2, -0.15) is 0 Å². The molecule has 0 aliphatic heterocycles. The predicted octanol–water partition coefficient (Wildman–Crippen LogP) is 5.67. The van der Waals surface area contributed by atoms with Crippen LogP contribution in [0.15, 0.2) is 76.7 Å². The zero-order valence-electron chi connectivity index (χ0n) is 15.1. The summed E-state index contributed by atoms with van der Waals surface area (Å²) in [4.78, 5) is 17.8.